The van der Waals surface area contributed by atoms with Crippen LogP contribution in [0.15, 0.2) is 36.4 Å². The van der Waals surface area contributed by atoms with E-state index < -0.39 is 35.8 Å². The average Bonchev–Trinajstić information content (AvgIpc) is 3.28. The van der Waals surface area contributed by atoms with Crippen LogP contribution in [0, 0.1) is 5.92 Å². The number of ketones is 1. The van der Waals surface area contributed by atoms with Gasteiger partial charge < -0.3 is 20.7 Å². The number of fused-ring (bicyclic) bond motifs is 2. The molecule has 2 heterocycles. The minimum absolute atomic E-state index is 0.0687. The number of H-pyrrole nitrogens is 1. The third-order valence-corrected chi connectivity index (χ3v) is 5.67. The molecule has 188 valence electrons. The number of rotatable bonds is 7. The number of hydrogen-bond acceptors (Lipinski definition) is 6. The summed E-state index contributed by atoms with van der Waals surface area (Å²) in [4.78, 5) is 50.7. The molecule has 1 aromatic carbocycles. The molecule has 0 radical (unpaired) electrons. The number of aromatic nitrogens is 2. The number of benzene rings is 1. The van der Waals surface area contributed by atoms with E-state index in [1.54, 1.807) is 0 Å². The molecule has 0 spiro atoms. The first kappa shape index (κ1) is 25.9. The molecule has 2 atom stereocenters. The van der Waals surface area contributed by atoms with Crippen LogP contribution in [0.2, 0.25) is 0 Å². The highest BCUT2D eigenvalue weighted by Gasteiger charge is 2.30. The van der Waals surface area contributed by atoms with Gasteiger partial charge in [0.15, 0.2) is 0 Å². The predicted octanol–water partition coefficient (Wildman–Crippen LogP) is 1.80. The lowest BCUT2D eigenvalue weighted by Crippen LogP contribution is -2.54. The van der Waals surface area contributed by atoms with E-state index in [0.717, 1.165) is 17.0 Å². The Labute approximate surface area is 204 Å². The van der Waals surface area contributed by atoms with Crippen molar-refractivity contribution >= 4 is 23.7 Å². The van der Waals surface area contributed by atoms with Crippen LogP contribution in [0.25, 0.3) is 0 Å². The number of amides is 3. The van der Waals surface area contributed by atoms with E-state index in [1.807, 2.05) is 50.2 Å². The van der Waals surface area contributed by atoms with Gasteiger partial charge in [0, 0.05) is 18.7 Å². The van der Waals surface area contributed by atoms with E-state index in [-0.39, 0.29) is 25.5 Å². The summed E-state index contributed by atoms with van der Waals surface area (Å²) in [6.07, 6.45) is 1.58. The summed E-state index contributed by atoms with van der Waals surface area (Å²) in [5.74, 6) is -1.89. The van der Waals surface area contributed by atoms with Gasteiger partial charge in [0.25, 0.3) is 5.91 Å². The number of carbonyl (C=O) groups excluding carboxylic acids is 4. The second-order valence-corrected chi connectivity index (χ2v) is 9.10. The summed E-state index contributed by atoms with van der Waals surface area (Å²) in [6, 6.07) is 9.23. The number of alkyl carbamates (subject to hydrolysis) is 1. The largest absolute Gasteiger partial charge is 0.445 e. The zero-order valence-corrected chi connectivity index (χ0v) is 20.1. The second kappa shape index (κ2) is 12.7. The normalized spacial score (nSPS) is 17.5. The standard InChI is InChI=1S/C25H33N5O5/c1-16(2)13-21(28-25(34)35-15-17-7-4-3-5-8-17)23(32)27-20-10-6-9-18-14-19(30-29-18)11-12-26-24(33)22(20)31/h3-5,7-8,14,16,20-21H,6,9-13,15H2,1-2H3,(H,26,33)(H,27,32)(H,28,34)(H,29,30). The number of aromatic amines is 1. The highest BCUT2D eigenvalue weighted by Crippen LogP contribution is 2.11. The lowest BCUT2D eigenvalue weighted by atomic mass is 10.00. The van der Waals surface area contributed by atoms with Crippen molar-refractivity contribution in [2.75, 3.05) is 6.54 Å². The molecule has 10 heteroatoms. The topological polar surface area (TPSA) is 142 Å². The summed E-state index contributed by atoms with van der Waals surface area (Å²) in [5, 5.41) is 15.1. The molecule has 10 nitrogen and oxygen atoms in total. The summed E-state index contributed by atoms with van der Waals surface area (Å²) >= 11 is 0. The number of nitrogens with one attached hydrogen (secondary N) is 4. The van der Waals surface area contributed by atoms with Crippen molar-refractivity contribution in [3.8, 4) is 0 Å². The lowest BCUT2D eigenvalue weighted by Gasteiger charge is -2.23. The van der Waals surface area contributed by atoms with Crippen LogP contribution in [0.3, 0.4) is 0 Å². The van der Waals surface area contributed by atoms with Crippen LogP contribution in [0.4, 0.5) is 4.79 Å². The van der Waals surface area contributed by atoms with Gasteiger partial charge in [-0.15, -0.1) is 0 Å². The summed E-state index contributed by atoms with van der Waals surface area (Å²) in [7, 11) is 0. The molecule has 2 bridgehead atoms. The molecular formula is C25H33N5O5. The zero-order valence-electron chi connectivity index (χ0n) is 20.1. The summed E-state index contributed by atoms with van der Waals surface area (Å²) in [6.45, 7) is 4.18. The maximum absolute atomic E-state index is 13.1. The maximum Gasteiger partial charge on any atom is 0.408 e. The van der Waals surface area contributed by atoms with Gasteiger partial charge in [-0.1, -0.05) is 44.2 Å². The molecule has 0 fully saturated rings. The Hall–Kier alpha value is -3.69. The Balaban J connectivity index is 1.63. The molecule has 4 N–H and O–H groups in total. The highest BCUT2D eigenvalue weighted by atomic mass is 16.5. The Bertz CT molecular complexity index is 1020. The van der Waals surface area contributed by atoms with E-state index in [9.17, 15) is 19.2 Å². The lowest BCUT2D eigenvalue weighted by molar-refractivity contribution is -0.140. The fraction of sp³-hybridized carbons (Fsp3) is 0.480. The Morgan fingerprint density at radius 3 is 2.69 bits per heavy atom. The third kappa shape index (κ3) is 8.24. The van der Waals surface area contributed by atoms with Crippen molar-refractivity contribution in [2.45, 2.75) is 64.6 Å². The number of ether oxygens (including phenoxy) is 1. The van der Waals surface area contributed by atoms with Gasteiger partial charge >= 0.3 is 6.09 Å². The zero-order chi connectivity index (χ0) is 25.2. The monoisotopic (exact) mass is 483 g/mol. The van der Waals surface area contributed by atoms with Crippen LogP contribution >= 0.6 is 0 Å². The van der Waals surface area contributed by atoms with Crippen molar-refractivity contribution in [1.82, 2.24) is 26.1 Å². The van der Waals surface area contributed by atoms with Crippen molar-refractivity contribution in [1.29, 1.82) is 0 Å². The molecule has 0 saturated carbocycles. The number of carbonyl (C=O) groups is 4. The molecule has 1 aliphatic heterocycles. The molecule has 3 rings (SSSR count). The quantitative estimate of drug-likeness (QED) is 0.443. The van der Waals surface area contributed by atoms with Gasteiger partial charge in [-0.05, 0) is 43.2 Å². The van der Waals surface area contributed by atoms with E-state index in [2.05, 4.69) is 26.1 Å². The average molecular weight is 484 g/mol. The number of Topliss-reactive ketones (excluding diaryl/α,β-unsaturated/α-hetero) is 1. The van der Waals surface area contributed by atoms with E-state index >= 15 is 0 Å². The van der Waals surface area contributed by atoms with E-state index in [0.29, 0.717) is 25.7 Å². The van der Waals surface area contributed by atoms with Crippen molar-refractivity contribution in [3.63, 3.8) is 0 Å². The van der Waals surface area contributed by atoms with Crippen LogP contribution in [-0.2, 0) is 38.6 Å². The Kier molecular flexibility index (Phi) is 9.39. The molecule has 0 saturated heterocycles. The van der Waals surface area contributed by atoms with Crippen LogP contribution < -0.4 is 16.0 Å². The molecule has 2 aromatic rings. The second-order valence-electron chi connectivity index (χ2n) is 9.10. The van der Waals surface area contributed by atoms with Crippen LogP contribution in [0.1, 0.15) is 50.1 Å². The first-order chi connectivity index (χ1) is 16.8. The third-order valence-electron chi connectivity index (χ3n) is 5.67. The fourth-order valence-electron chi connectivity index (χ4n) is 3.86. The molecule has 0 aliphatic carbocycles. The predicted molar refractivity (Wildman–Crippen MR) is 128 cm³/mol. The summed E-state index contributed by atoms with van der Waals surface area (Å²) in [5.41, 5.74) is 2.58. The Morgan fingerprint density at radius 2 is 1.94 bits per heavy atom. The van der Waals surface area contributed by atoms with Crippen molar-refractivity contribution < 1.29 is 23.9 Å². The molecule has 2 unspecified atom stereocenters. The molecule has 3 amide bonds. The molecular weight excluding hydrogens is 450 g/mol. The highest BCUT2D eigenvalue weighted by molar-refractivity contribution is 6.38. The van der Waals surface area contributed by atoms with Gasteiger partial charge in [-0.3, -0.25) is 19.5 Å². The van der Waals surface area contributed by atoms with E-state index in [4.69, 9.17) is 4.74 Å². The van der Waals surface area contributed by atoms with Gasteiger partial charge in [-0.25, -0.2) is 4.79 Å². The Morgan fingerprint density at radius 1 is 1.17 bits per heavy atom. The minimum atomic E-state index is -0.999. The molecule has 1 aliphatic rings. The SMILES string of the molecule is CC(C)CC(NC(=O)OCc1ccccc1)C(=O)NC1CCCc2cc(n[nH]2)CCNC(=O)C1=O. The first-order valence-corrected chi connectivity index (χ1v) is 11.9. The van der Waals surface area contributed by atoms with Crippen LogP contribution in [-0.4, -0.2) is 52.5 Å². The first-order valence-electron chi connectivity index (χ1n) is 11.9. The smallest absolute Gasteiger partial charge is 0.408 e. The van der Waals surface area contributed by atoms with Crippen molar-refractivity contribution in [3.05, 3.63) is 53.3 Å². The maximum atomic E-state index is 13.1. The van der Waals surface area contributed by atoms with Crippen molar-refractivity contribution in [2.24, 2.45) is 5.92 Å². The molecule has 1 aromatic heterocycles. The number of aryl methyl sites for hydroxylation is 1. The van der Waals surface area contributed by atoms with Gasteiger partial charge in [-0.2, -0.15) is 5.10 Å². The minimum Gasteiger partial charge on any atom is -0.445 e. The number of nitrogens with zero attached hydrogens (tertiary/aromatic N) is 1. The fourth-order valence-corrected chi connectivity index (χ4v) is 3.86. The van der Waals surface area contributed by atoms with Crippen LogP contribution in [0.5, 0.6) is 0 Å². The van der Waals surface area contributed by atoms with Gasteiger partial charge in [0.1, 0.15) is 12.6 Å². The number of hydrogen-bond donors (Lipinski definition) is 4. The van der Waals surface area contributed by atoms with Gasteiger partial charge in [0.05, 0.1) is 11.7 Å². The van der Waals surface area contributed by atoms with Gasteiger partial charge in [0.2, 0.25) is 11.7 Å². The summed E-state index contributed by atoms with van der Waals surface area (Å²) < 4.78 is 5.25. The van der Waals surface area contributed by atoms with E-state index in [1.165, 1.54) is 0 Å². The molecule has 35 heavy (non-hydrogen) atoms.